The number of hydrogen-bond acceptors (Lipinski definition) is 5. The summed E-state index contributed by atoms with van der Waals surface area (Å²) in [4.78, 5) is 11.5. The van der Waals surface area contributed by atoms with Crippen LogP contribution in [0.25, 0.3) is 11.4 Å². The molecule has 2 aromatic heterocycles. The molecular weight excluding hydrogens is 248 g/mol. The summed E-state index contributed by atoms with van der Waals surface area (Å²) >= 11 is 0. The summed E-state index contributed by atoms with van der Waals surface area (Å²) in [5, 5.41) is 25.1. The average Bonchev–Trinajstić information content (AvgIpc) is 2.87. The van der Waals surface area contributed by atoms with Crippen molar-refractivity contribution in [1.29, 1.82) is 0 Å². The Morgan fingerprint density at radius 1 is 1.47 bits per heavy atom. The smallest absolute Gasteiger partial charge is 0.331 e. The van der Waals surface area contributed by atoms with Crippen molar-refractivity contribution < 1.29 is 9.90 Å². The van der Waals surface area contributed by atoms with Crippen molar-refractivity contribution in [2.75, 3.05) is 0 Å². The summed E-state index contributed by atoms with van der Waals surface area (Å²) in [6.07, 6.45) is 3.64. The second kappa shape index (κ2) is 3.87. The van der Waals surface area contributed by atoms with Gasteiger partial charge >= 0.3 is 5.97 Å². The third-order valence-electron chi connectivity index (χ3n) is 3.93. The Morgan fingerprint density at radius 2 is 2.21 bits per heavy atom. The summed E-state index contributed by atoms with van der Waals surface area (Å²) in [6.45, 7) is 1.90. The number of aromatic nitrogens is 6. The van der Waals surface area contributed by atoms with Gasteiger partial charge in [0, 0.05) is 12.7 Å². The van der Waals surface area contributed by atoms with Crippen LogP contribution in [0.1, 0.15) is 25.0 Å². The number of tetrazole rings is 1. The fourth-order valence-corrected chi connectivity index (χ4v) is 2.39. The van der Waals surface area contributed by atoms with Crippen LogP contribution in [0.15, 0.2) is 6.20 Å². The summed E-state index contributed by atoms with van der Waals surface area (Å²) in [7, 11) is 1.82. The number of carbonyl (C=O) groups is 1. The van der Waals surface area contributed by atoms with Gasteiger partial charge in [-0.1, -0.05) is 0 Å². The van der Waals surface area contributed by atoms with E-state index in [2.05, 4.69) is 20.6 Å². The lowest BCUT2D eigenvalue weighted by Gasteiger charge is -2.37. The molecule has 0 radical (unpaired) electrons. The van der Waals surface area contributed by atoms with Crippen LogP contribution in [-0.2, 0) is 17.4 Å². The number of nitrogens with zero attached hydrogens (tertiary/aromatic N) is 6. The second-order valence-electron chi connectivity index (χ2n) is 4.87. The van der Waals surface area contributed by atoms with Crippen molar-refractivity contribution in [2.45, 2.75) is 31.7 Å². The van der Waals surface area contributed by atoms with E-state index in [-0.39, 0.29) is 0 Å². The SMILES string of the molecule is Cc1c(-c2nnnn2C2(C(=O)O)CCC2)cnn1C. The molecule has 1 aliphatic carbocycles. The van der Waals surface area contributed by atoms with Gasteiger partial charge in [0.2, 0.25) is 0 Å². The Hall–Kier alpha value is -2.25. The maximum Gasteiger partial charge on any atom is 0.331 e. The average molecular weight is 262 g/mol. The van der Waals surface area contributed by atoms with E-state index in [1.807, 2.05) is 14.0 Å². The lowest BCUT2D eigenvalue weighted by atomic mass is 9.76. The zero-order valence-electron chi connectivity index (χ0n) is 10.7. The van der Waals surface area contributed by atoms with Crippen LogP contribution in [0.4, 0.5) is 0 Å². The van der Waals surface area contributed by atoms with E-state index in [1.165, 1.54) is 4.68 Å². The van der Waals surface area contributed by atoms with Gasteiger partial charge in [-0.25, -0.2) is 9.48 Å². The summed E-state index contributed by atoms with van der Waals surface area (Å²) < 4.78 is 3.14. The minimum atomic E-state index is -0.999. The number of carboxylic acids is 1. The van der Waals surface area contributed by atoms with Crippen LogP contribution in [0.5, 0.6) is 0 Å². The number of aliphatic carboxylic acids is 1. The summed E-state index contributed by atoms with van der Waals surface area (Å²) in [5.41, 5.74) is 0.664. The first-order valence-electron chi connectivity index (χ1n) is 6.07. The normalized spacial score (nSPS) is 17.2. The number of hydrogen-bond donors (Lipinski definition) is 1. The van der Waals surface area contributed by atoms with Crippen molar-refractivity contribution in [3.05, 3.63) is 11.9 Å². The molecule has 3 rings (SSSR count). The maximum absolute atomic E-state index is 11.5. The molecule has 1 aliphatic rings. The van der Waals surface area contributed by atoms with Crippen molar-refractivity contribution in [1.82, 2.24) is 30.0 Å². The van der Waals surface area contributed by atoms with Gasteiger partial charge in [-0.05, 0) is 36.6 Å². The molecule has 0 bridgehead atoms. The molecule has 1 saturated carbocycles. The molecule has 0 atom stereocenters. The Balaban J connectivity index is 2.13. The molecule has 1 N–H and O–H groups in total. The van der Waals surface area contributed by atoms with E-state index in [0.717, 1.165) is 17.7 Å². The highest BCUT2D eigenvalue weighted by molar-refractivity contribution is 5.78. The maximum atomic E-state index is 11.5. The van der Waals surface area contributed by atoms with E-state index >= 15 is 0 Å². The summed E-state index contributed by atoms with van der Waals surface area (Å²) in [5.74, 6) is -0.415. The van der Waals surface area contributed by atoms with E-state index in [1.54, 1.807) is 10.9 Å². The van der Waals surface area contributed by atoms with E-state index in [9.17, 15) is 9.90 Å². The molecule has 8 heteroatoms. The highest BCUT2D eigenvalue weighted by Gasteiger charge is 2.49. The van der Waals surface area contributed by atoms with Crippen molar-refractivity contribution in [3.63, 3.8) is 0 Å². The Morgan fingerprint density at radius 3 is 2.68 bits per heavy atom. The lowest BCUT2D eigenvalue weighted by Crippen LogP contribution is -2.48. The van der Waals surface area contributed by atoms with Crippen LogP contribution < -0.4 is 0 Å². The Labute approximate surface area is 109 Å². The van der Waals surface area contributed by atoms with Gasteiger partial charge in [-0.3, -0.25) is 4.68 Å². The first-order valence-corrected chi connectivity index (χ1v) is 6.07. The monoisotopic (exact) mass is 262 g/mol. The zero-order valence-corrected chi connectivity index (χ0v) is 10.7. The fourth-order valence-electron chi connectivity index (χ4n) is 2.39. The van der Waals surface area contributed by atoms with Gasteiger partial charge < -0.3 is 5.11 Å². The minimum absolute atomic E-state index is 0.465. The molecule has 2 heterocycles. The van der Waals surface area contributed by atoms with E-state index < -0.39 is 11.5 Å². The zero-order chi connectivity index (χ0) is 13.6. The quantitative estimate of drug-likeness (QED) is 0.856. The lowest BCUT2D eigenvalue weighted by molar-refractivity contribution is -0.153. The Kier molecular flexibility index (Phi) is 2.41. The molecule has 100 valence electrons. The predicted octanol–water partition coefficient (Wildman–Crippen LogP) is 0.346. The van der Waals surface area contributed by atoms with Crippen LogP contribution in [0.2, 0.25) is 0 Å². The molecule has 0 aliphatic heterocycles. The van der Waals surface area contributed by atoms with Crippen molar-refractivity contribution >= 4 is 5.97 Å². The van der Waals surface area contributed by atoms with Crippen LogP contribution >= 0.6 is 0 Å². The molecule has 0 unspecified atom stereocenters. The standard InChI is InChI=1S/C11H14N6O2/c1-7-8(6-12-16(7)2)9-13-14-15-17(9)11(10(18)19)4-3-5-11/h6H,3-5H2,1-2H3,(H,18,19). The molecule has 2 aromatic rings. The molecule has 0 aromatic carbocycles. The van der Waals surface area contributed by atoms with Gasteiger partial charge in [0.25, 0.3) is 0 Å². The highest BCUT2D eigenvalue weighted by atomic mass is 16.4. The first kappa shape index (κ1) is 11.8. The largest absolute Gasteiger partial charge is 0.479 e. The van der Waals surface area contributed by atoms with Crippen LogP contribution in [0.3, 0.4) is 0 Å². The Bertz CT molecular complexity index is 639. The molecule has 0 amide bonds. The van der Waals surface area contributed by atoms with Crippen LogP contribution in [-0.4, -0.2) is 41.1 Å². The van der Waals surface area contributed by atoms with Gasteiger partial charge in [0.05, 0.1) is 11.8 Å². The highest BCUT2D eigenvalue weighted by Crippen LogP contribution is 2.41. The third-order valence-corrected chi connectivity index (χ3v) is 3.93. The number of rotatable bonds is 3. The molecule has 19 heavy (non-hydrogen) atoms. The number of carboxylic acid groups (broad SMARTS) is 1. The van der Waals surface area contributed by atoms with Crippen molar-refractivity contribution in [2.24, 2.45) is 7.05 Å². The first-order chi connectivity index (χ1) is 9.06. The summed E-state index contributed by atoms with van der Waals surface area (Å²) in [6, 6.07) is 0. The molecule has 1 fully saturated rings. The fraction of sp³-hybridized carbons (Fsp3) is 0.545. The number of aryl methyl sites for hydroxylation is 1. The third kappa shape index (κ3) is 1.49. The van der Waals surface area contributed by atoms with E-state index in [0.29, 0.717) is 18.7 Å². The van der Waals surface area contributed by atoms with Gasteiger partial charge in [-0.15, -0.1) is 5.10 Å². The topological polar surface area (TPSA) is 98.7 Å². The molecule has 8 nitrogen and oxygen atoms in total. The van der Waals surface area contributed by atoms with Gasteiger partial charge in [0.1, 0.15) is 0 Å². The minimum Gasteiger partial charge on any atom is -0.479 e. The van der Waals surface area contributed by atoms with Crippen molar-refractivity contribution in [3.8, 4) is 11.4 Å². The molecular formula is C11H14N6O2. The van der Waals surface area contributed by atoms with Crippen LogP contribution in [0, 0.1) is 6.92 Å². The molecule has 0 saturated heterocycles. The predicted molar refractivity (Wildman–Crippen MR) is 64.2 cm³/mol. The second-order valence-corrected chi connectivity index (χ2v) is 4.87. The van der Waals surface area contributed by atoms with Gasteiger partial charge in [0.15, 0.2) is 11.4 Å². The van der Waals surface area contributed by atoms with E-state index in [4.69, 9.17) is 0 Å². The molecule has 0 spiro atoms. The van der Waals surface area contributed by atoms with Gasteiger partial charge in [-0.2, -0.15) is 5.10 Å².